The van der Waals surface area contributed by atoms with E-state index in [1.165, 1.54) is 19.2 Å². The fourth-order valence-electron chi connectivity index (χ4n) is 3.01. The number of aromatic nitrogens is 3. The van der Waals surface area contributed by atoms with Gasteiger partial charge in [0.2, 0.25) is 5.91 Å². The molecule has 2 aromatic heterocycles. The highest BCUT2D eigenvalue weighted by atomic mass is 35.5. The fraction of sp³-hybridized carbons (Fsp3) is 0.278. The number of anilines is 1. The van der Waals surface area contributed by atoms with Gasteiger partial charge in [0, 0.05) is 37.0 Å². The lowest BCUT2D eigenvalue weighted by Crippen LogP contribution is -2.07. The van der Waals surface area contributed by atoms with E-state index in [0.29, 0.717) is 27.4 Å². The van der Waals surface area contributed by atoms with Gasteiger partial charge in [0.1, 0.15) is 11.3 Å². The van der Waals surface area contributed by atoms with Gasteiger partial charge >= 0.3 is 0 Å². The van der Waals surface area contributed by atoms with Crippen LogP contribution in [0.5, 0.6) is 0 Å². The van der Waals surface area contributed by atoms with Gasteiger partial charge in [-0.3, -0.25) is 9.48 Å². The Balaban J connectivity index is 2.22. The molecule has 2 heterocycles. The molecule has 0 saturated carbocycles. The van der Waals surface area contributed by atoms with Gasteiger partial charge in [0.15, 0.2) is 5.82 Å². The Morgan fingerprint density at radius 1 is 1.42 bits per heavy atom. The van der Waals surface area contributed by atoms with Crippen LogP contribution >= 0.6 is 11.6 Å². The van der Waals surface area contributed by atoms with Gasteiger partial charge in [-0.2, -0.15) is 5.10 Å². The highest BCUT2D eigenvalue weighted by Gasteiger charge is 2.19. The van der Waals surface area contributed by atoms with Crippen LogP contribution in [-0.2, 0) is 11.8 Å². The summed E-state index contributed by atoms with van der Waals surface area (Å²) in [6.45, 7) is 3.14. The molecule has 0 aliphatic carbocycles. The van der Waals surface area contributed by atoms with E-state index in [2.05, 4.69) is 15.4 Å². The van der Waals surface area contributed by atoms with Gasteiger partial charge in [0.25, 0.3) is 0 Å². The van der Waals surface area contributed by atoms with Crippen LogP contribution in [-0.4, -0.2) is 32.4 Å². The summed E-state index contributed by atoms with van der Waals surface area (Å²) in [4.78, 5) is 15.3. The van der Waals surface area contributed by atoms with Crippen LogP contribution in [0, 0.1) is 5.82 Å². The van der Waals surface area contributed by atoms with Gasteiger partial charge < -0.3 is 10.4 Å². The van der Waals surface area contributed by atoms with Crippen LogP contribution in [0.1, 0.15) is 25.5 Å². The molecule has 3 rings (SSSR count). The molecular weight excluding hydrogens is 359 g/mol. The number of hydrogen-bond donors (Lipinski definition) is 2. The molecule has 0 bridgehead atoms. The normalized spacial score (nSPS) is 12.4. The Morgan fingerprint density at radius 3 is 2.81 bits per heavy atom. The van der Waals surface area contributed by atoms with E-state index in [0.717, 1.165) is 5.69 Å². The number of carbonyl (C=O) groups excluding carboxylic acids is 1. The maximum Gasteiger partial charge on any atom is 0.222 e. The highest BCUT2D eigenvalue weighted by Crippen LogP contribution is 2.35. The first kappa shape index (κ1) is 18.3. The summed E-state index contributed by atoms with van der Waals surface area (Å²) in [5, 5.41) is 17.3. The van der Waals surface area contributed by atoms with Crippen LogP contribution in [0.4, 0.5) is 10.2 Å². The molecule has 26 heavy (non-hydrogen) atoms. The molecule has 2 N–H and O–H groups in total. The Morgan fingerprint density at radius 2 is 2.15 bits per heavy atom. The largest absolute Gasteiger partial charge is 0.396 e. The minimum Gasteiger partial charge on any atom is -0.396 e. The summed E-state index contributed by atoms with van der Waals surface area (Å²) in [6.07, 6.45) is 1.41. The van der Waals surface area contributed by atoms with Gasteiger partial charge in [-0.05, 0) is 23.8 Å². The number of aliphatic hydroxyl groups excluding tert-OH is 1. The Bertz CT molecular complexity index is 1000. The Kier molecular flexibility index (Phi) is 4.93. The van der Waals surface area contributed by atoms with E-state index in [-0.39, 0.29) is 23.9 Å². The van der Waals surface area contributed by atoms with Crippen molar-refractivity contribution in [2.45, 2.75) is 19.8 Å². The Labute approximate surface area is 154 Å². The van der Waals surface area contributed by atoms with Crippen LogP contribution in [0.25, 0.3) is 22.0 Å². The summed E-state index contributed by atoms with van der Waals surface area (Å²) in [6, 6.07) is 4.73. The molecule has 136 valence electrons. The predicted molar refractivity (Wildman–Crippen MR) is 98.7 cm³/mol. The molecule has 0 saturated heterocycles. The molecular formula is C18H18ClFN4O2. The fourth-order valence-corrected chi connectivity index (χ4v) is 3.22. The average molecular weight is 377 g/mol. The molecule has 6 nitrogen and oxygen atoms in total. The van der Waals surface area contributed by atoms with Crippen LogP contribution < -0.4 is 5.32 Å². The average Bonchev–Trinajstić information content (AvgIpc) is 2.92. The first-order valence-electron chi connectivity index (χ1n) is 8.02. The van der Waals surface area contributed by atoms with Crippen molar-refractivity contribution in [1.82, 2.24) is 14.8 Å². The molecule has 1 aromatic carbocycles. The van der Waals surface area contributed by atoms with Crippen molar-refractivity contribution in [2.75, 3.05) is 11.9 Å². The minimum atomic E-state index is -0.488. The maximum atomic E-state index is 14.7. The van der Waals surface area contributed by atoms with Crippen molar-refractivity contribution in [3.8, 4) is 11.1 Å². The maximum absolute atomic E-state index is 14.7. The number of hydrogen-bond acceptors (Lipinski definition) is 4. The van der Waals surface area contributed by atoms with Crippen LogP contribution in [0.3, 0.4) is 0 Å². The predicted octanol–water partition coefficient (Wildman–Crippen LogP) is 3.48. The van der Waals surface area contributed by atoms with Crippen molar-refractivity contribution < 1.29 is 14.3 Å². The molecule has 0 aliphatic rings. The molecule has 1 atom stereocenters. The van der Waals surface area contributed by atoms with E-state index in [9.17, 15) is 14.3 Å². The topological polar surface area (TPSA) is 80.0 Å². The highest BCUT2D eigenvalue weighted by molar-refractivity contribution is 6.33. The second-order valence-electron chi connectivity index (χ2n) is 6.18. The molecule has 0 spiro atoms. The summed E-state index contributed by atoms with van der Waals surface area (Å²) >= 11 is 6.25. The molecule has 1 unspecified atom stereocenters. The van der Waals surface area contributed by atoms with Crippen molar-refractivity contribution in [2.24, 2.45) is 7.05 Å². The third-order valence-corrected chi connectivity index (χ3v) is 4.45. The van der Waals surface area contributed by atoms with Crippen molar-refractivity contribution in [1.29, 1.82) is 0 Å². The number of rotatable bonds is 4. The van der Waals surface area contributed by atoms with Crippen LogP contribution in [0.2, 0.25) is 5.02 Å². The summed E-state index contributed by atoms with van der Waals surface area (Å²) in [5.41, 5.74) is 2.04. The third kappa shape index (κ3) is 3.27. The zero-order valence-corrected chi connectivity index (χ0v) is 15.3. The molecule has 1 amide bonds. The number of amides is 1. The van der Waals surface area contributed by atoms with Gasteiger partial charge in [-0.25, -0.2) is 9.37 Å². The Hall–Kier alpha value is -2.51. The second-order valence-corrected chi connectivity index (χ2v) is 6.58. The van der Waals surface area contributed by atoms with E-state index >= 15 is 0 Å². The van der Waals surface area contributed by atoms with Crippen molar-refractivity contribution in [3.63, 3.8) is 0 Å². The molecule has 0 fully saturated rings. The number of nitrogens with one attached hydrogen (secondary N) is 1. The minimum absolute atomic E-state index is 0.0802. The van der Waals surface area contributed by atoms with E-state index in [1.807, 2.05) is 6.92 Å². The zero-order valence-electron chi connectivity index (χ0n) is 14.5. The number of fused-ring (bicyclic) bond motifs is 1. The first-order valence-corrected chi connectivity index (χ1v) is 8.40. The lowest BCUT2D eigenvalue weighted by atomic mass is 9.99. The standard InChI is InChI=1S/C18H18ClFN4O2/c1-9(8-25)18-13-4-11(5-15(20)17(13)23-24(18)3)12-6-16(22-10(2)26)21-7-14(12)19/h4-7,9,25H,8H2,1-3H3,(H,21,22,26). The number of aryl methyl sites for hydroxylation is 1. The summed E-state index contributed by atoms with van der Waals surface area (Å²) in [5.74, 6) is -0.632. The molecule has 0 aliphatic heterocycles. The van der Waals surface area contributed by atoms with Crippen molar-refractivity contribution >= 4 is 34.2 Å². The monoisotopic (exact) mass is 376 g/mol. The molecule has 3 aromatic rings. The number of benzene rings is 1. The smallest absolute Gasteiger partial charge is 0.222 e. The summed E-state index contributed by atoms with van der Waals surface area (Å²) in [7, 11) is 1.72. The van der Waals surface area contributed by atoms with Gasteiger partial charge in [-0.1, -0.05) is 18.5 Å². The third-order valence-electron chi connectivity index (χ3n) is 4.15. The zero-order chi connectivity index (χ0) is 19.0. The summed E-state index contributed by atoms with van der Waals surface area (Å²) < 4.78 is 16.2. The van der Waals surface area contributed by atoms with Gasteiger partial charge in [0.05, 0.1) is 17.3 Å². The SMILES string of the molecule is CC(=O)Nc1cc(-c2cc(F)c3nn(C)c(C(C)CO)c3c2)c(Cl)cn1. The van der Waals surface area contributed by atoms with Crippen molar-refractivity contribution in [3.05, 3.63) is 40.9 Å². The number of nitrogens with zero attached hydrogens (tertiary/aromatic N) is 3. The molecule has 8 heteroatoms. The molecule has 0 radical (unpaired) electrons. The number of aliphatic hydroxyl groups is 1. The van der Waals surface area contributed by atoms with Crippen LogP contribution in [0.15, 0.2) is 24.4 Å². The van der Waals surface area contributed by atoms with E-state index in [4.69, 9.17) is 11.6 Å². The number of carbonyl (C=O) groups is 1. The van der Waals surface area contributed by atoms with E-state index < -0.39 is 5.82 Å². The number of halogens is 2. The first-order chi connectivity index (χ1) is 12.3. The number of pyridine rings is 1. The lowest BCUT2D eigenvalue weighted by molar-refractivity contribution is -0.114. The van der Waals surface area contributed by atoms with Gasteiger partial charge in [-0.15, -0.1) is 0 Å². The van der Waals surface area contributed by atoms with E-state index in [1.54, 1.807) is 23.9 Å². The quantitative estimate of drug-likeness (QED) is 0.730. The lowest BCUT2D eigenvalue weighted by Gasteiger charge is -2.11. The second kappa shape index (κ2) is 7.01.